The van der Waals surface area contributed by atoms with Crippen LogP contribution < -0.4 is 10.1 Å². The molecule has 1 amide bonds. The number of hydrogen-bond donors (Lipinski definition) is 1. The van der Waals surface area contributed by atoms with Gasteiger partial charge in [-0.05, 0) is 56.5 Å². The number of benzene rings is 1. The third kappa shape index (κ3) is 5.30. The fraction of sp³-hybridized carbons (Fsp3) is 0.304. The molecule has 190 valence electrons. The molecule has 0 saturated heterocycles. The highest BCUT2D eigenvalue weighted by atomic mass is 32.2. The van der Waals surface area contributed by atoms with Crippen molar-refractivity contribution in [1.82, 2.24) is 15.2 Å². The molecule has 0 atom stereocenters. The quantitative estimate of drug-likeness (QED) is 0.453. The number of carbonyl (C=O) groups excluding carboxylic acids is 1. The monoisotopic (exact) mass is 524 g/mol. The summed E-state index contributed by atoms with van der Waals surface area (Å²) in [6.07, 6.45) is -2.22. The standard InChI is InChI=1S/C23H20F4N4O4S/c1-11-18(21(32)29-14-5-4-6-15(9-14)36(3,33)34)22(31-30-20(11)23(25,26)27)35-19-12(2)28-17(10-16(19)24)13-7-8-13/h4-6,9-10,13H,7-8H2,1-3H3,(H,29,32). The maximum absolute atomic E-state index is 14.8. The number of aromatic nitrogens is 3. The largest absolute Gasteiger partial charge is 0.435 e. The maximum Gasteiger partial charge on any atom is 0.435 e. The van der Waals surface area contributed by atoms with Gasteiger partial charge in [0.1, 0.15) is 5.56 Å². The number of pyridine rings is 1. The smallest absolute Gasteiger partial charge is 0.432 e. The lowest BCUT2D eigenvalue weighted by atomic mass is 10.1. The van der Waals surface area contributed by atoms with Crippen LogP contribution in [0.4, 0.5) is 23.2 Å². The van der Waals surface area contributed by atoms with E-state index in [2.05, 4.69) is 20.5 Å². The summed E-state index contributed by atoms with van der Waals surface area (Å²) in [5.41, 5.74) is -2.02. The second-order valence-corrected chi connectivity index (χ2v) is 10.4. The summed E-state index contributed by atoms with van der Waals surface area (Å²) < 4.78 is 84.5. The van der Waals surface area contributed by atoms with Crippen LogP contribution in [0.5, 0.6) is 11.6 Å². The van der Waals surface area contributed by atoms with E-state index < -0.39 is 56.2 Å². The first-order valence-electron chi connectivity index (χ1n) is 10.7. The highest BCUT2D eigenvalue weighted by Gasteiger charge is 2.38. The molecule has 36 heavy (non-hydrogen) atoms. The average Bonchev–Trinajstić information content (AvgIpc) is 3.60. The number of nitrogens with zero attached hydrogens (tertiary/aromatic N) is 3. The molecule has 0 bridgehead atoms. The summed E-state index contributed by atoms with van der Waals surface area (Å²) in [5, 5.41) is 8.93. The molecule has 0 unspecified atom stereocenters. The zero-order chi connectivity index (χ0) is 26.4. The molecular formula is C23H20F4N4O4S. The first-order valence-corrected chi connectivity index (χ1v) is 12.6. The van der Waals surface area contributed by atoms with Gasteiger partial charge in [-0.25, -0.2) is 12.8 Å². The number of nitrogens with one attached hydrogen (secondary N) is 1. The fourth-order valence-corrected chi connectivity index (χ4v) is 4.22. The Morgan fingerprint density at radius 3 is 2.42 bits per heavy atom. The summed E-state index contributed by atoms with van der Waals surface area (Å²) in [5.74, 6) is -2.82. The molecule has 1 N–H and O–H groups in total. The summed E-state index contributed by atoms with van der Waals surface area (Å²) in [6.45, 7) is 2.47. The van der Waals surface area contributed by atoms with Gasteiger partial charge in [-0.3, -0.25) is 9.78 Å². The summed E-state index contributed by atoms with van der Waals surface area (Å²) in [4.78, 5) is 17.3. The molecule has 1 fully saturated rings. The van der Waals surface area contributed by atoms with Gasteiger partial charge in [0.15, 0.2) is 27.1 Å². The van der Waals surface area contributed by atoms with Gasteiger partial charge in [0.25, 0.3) is 11.8 Å². The molecular weight excluding hydrogens is 504 g/mol. The number of hydrogen-bond acceptors (Lipinski definition) is 7. The average molecular weight is 524 g/mol. The van der Waals surface area contributed by atoms with E-state index in [9.17, 15) is 30.8 Å². The molecule has 4 rings (SSSR count). The zero-order valence-corrected chi connectivity index (χ0v) is 20.1. The molecule has 1 saturated carbocycles. The molecule has 1 aliphatic carbocycles. The highest BCUT2D eigenvalue weighted by molar-refractivity contribution is 7.90. The van der Waals surface area contributed by atoms with Crippen molar-refractivity contribution in [3.05, 3.63) is 64.4 Å². The van der Waals surface area contributed by atoms with Crippen LogP contribution >= 0.6 is 0 Å². The summed E-state index contributed by atoms with van der Waals surface area (Å²) in [7, 11) is -3.62. The number of sulfone groups is 1. The number of halogens is 4. The lowest BCUT2D eigenvalue weighted by Crippen LogP contribution is -2.21. The van der Waals surface area contributed by atoms with E-state index in [0.717, 1.165) is 32.1 Å². The van der Waals surface area contributed by atoms with Crippen LogP contribution in [-0.2, 0) is 16.0 Å². The van der Waals surface area contributed by atoms with Crippen molar-refractivity contribution >= 4 is 21.4 Å². The molecule has 3 aromatic rings. The van der Waals surface area contributed by atoms with Crippen LogP contribution in [0.25, 0.3) is 0 Å². The molecule has 0 aliphatic heterocycles. The van der Waals surface area contributed by atoms with Crippen LogP contribution in [0, 0.1) is 19.7 Å². The van der Waals surface area contributed by atoms with Gasteiger partial charge < -0.3 is 10.1 Å². The van der Waals surface area contributed by atoms with E-state index >= 15 is 0 Å². The van der Waals surface area contributed by atoms with Crippen LogP contribution in [0.2, 0.25) is 0 Å². The van der Waals surface area contributed by atoms with Crippen LogP contribution in [0.15, 0.2) is 35.2 Å². The molecule has 2 heterocycles. The van der Waals surface area contributed by atoms with Gasteiger partial charge >= 0.3 is 6.18 Å². The molecule has 0 radical (unpaired) electrons. The lowest BCUT2D eigenvalue weighted by Gasteiger charge is -2.17. The number of rotatable bonds is 6. The topological polar surface area (TPSA) is 111 Å². The van der Waals surface area contributed by atoms with Crippen LogP contribution in [0.1, 0.15) is 51.8 Å². The van der Waals surface area contributed by atoms with Crippen molar-refractivity contribution in [3.8, 4) is 11.6 Å². The van der Waals surface area contributed by atoms with Gasteiger partial charge in [-0.15, -0.1) is 10.2 Å². The molecule has 1 aromatic carbocycles. The molecule has 1 aliphatic rings. The number of aryl methyl sites for hydroxylation is 1. The van der Waals surface area contributed by atoms with E-state index in [4.69, 9.17) is 4.74 Å². The third-order valence-electron chi connectivity index (χ3n) is 5.51. The predicted molar refractivity (Wildman–Crippen MR) is 120 cm³/mol. The molecule has 8 nitrogen and oxygen atoms in total. The lowest BCUT2D eigenvalue weighted by molar-refractivity contribution is -0.142. The normalized spacial score (nSPS) is 14.0. The van der Waals surface area contributed by atoms with E-state index in [1.807, 2.05) is 0 Å². The third-order valence-corrected chi connectivity index (χ3v) is 6.62. The number of alkyl halides is 3. The Morgan fingerprint density at radius 2 is 1.83 bits per heavy atom. The Bertz CT molecular complexity index is 1450. The van der Waals surface area contributed by atoms with Crippen molar-refractivity contribution in [2.45, 2.75) is 43.7 Å². The van der Waals surface area contributed by atoms with Crippen molar-refractivity contribution in [1.29, 1.82) is 0 Å². The fourth-order valence-electron chi connectivity index (χ4n) is 3.56. The molecule has 2 aromatic heterocycles. The van der Waals surface area contributed by atoms with E-state index in [1.165, 1.54) is 31.2 Å². The van der Waals surface area contributed by atoms with Crippen LogP contribution in [0.3, 0.4) is 0 Å². The maximum atomic E-state index is 14.8. The Morgan fingerprint density at radius 1 is 1.14 bits per heavy atom. The van der Waals surface area contributed by atoms with Gasteiger partial charge in [-0.2, -0.15) is 13.2 Å². The van der Waals surface area contributed by atoms with E-state index in [1.54, 1.807) is 0 Å². The van der Waals surface area contributed by atoms with Crippen molar-refractivity contribution < 1.29 is 35.5 Å². The number of amides is 1. The van der Waals surface area contributed by atoms with Gasteiger partial charge in [0.2, 0.25) is 0 Å². The van der Waals surface area contributed by atoms with Crippen LogP contribution in [-0.4, -0.2) is 35.8 Å². The summed E-state index contributed by atoms with van der Waals surface area (Å²) in [6, 6.07) is 6.33. The van der Waals surface area contributed by atoms with Crippen molar-refractivity contribution in [2.24, 2.45) is 0 Å². The molecule has 13 heteroatoms. The van der Waals surface area contributed by atoms with Crippen molar-refractivity contribution in [3.63, 3.8) is 0 Å². The minimum atomic E-state index is -4.94. The minimum Gasteiger partial charge on any atom is -0.432 e. The highest BCUT2D eigenvalue weighted by Crippen LogP contribution is 2.41. The van der Waals surface area contributed by atoms with Gasteiger partial charge in [0.05, 0.1) is 10.6 Å². The van der Waals surface area contributed by atoms with E-state index in [0.29, 0.717) is 5.69 Å². The Balaban J connectivity index is 1.76. The number of carbonyl (C=O) groups is 1. The zero-order valence-electron chi connectivity index (χ0n) is 19.3. The molecule has 0 spiro atoms. The van der Waals surface area contributed by atoms with Gasteiger partial charge in [0, 0.05) is 23.6 Å². The first-order chi connectivity index (χ1) is 16.8. The van der Waals surface area contributed by atoms with Crippen molar-refractivity contribution in [2.75, 3.05) is 11.6 Å². The summed E-state index contributed by atoms with van der Waals surface area (Å²) >= 11 is 0. The number of anilines is 1. The minimum absolute atomic E-state index is 0.00328. The Kier molecular flexibility index (Phi) is 6.45. The second kappa shape index (κ2) is 9.12. The Labute approximate surface area is 203 Å². The SMILES string of the molecule is Cc1nc(C2CC2)cc(F)c1Oc1nnc(C(F)(F)F)c(C)c1C(=O)Nc1cccc(S(C)(=O)=O)c1. The first kappa shape index (κ1) is 25.5. The Hall–Kier alpha value is -3.61. The van der Waals surface area contributed by atoms with Gasteiger partial charge in [-0.1, -0.05) is 6.07 Å². The predicted octanol–water partition coefficient (Wildman–Crippen LogP) is 4.97. The second-order valence-electron chi connectivity index (χ2n) is 8.43. The number of ether oxygens (including phenoxy) is 1. The van der Waals surface area contributed by atoms with E-state index in [-0.39, 0.29) is 22.2 Å².